The molecule has 2 amide bonds. The number of likely N-dealkylation sites (tertiary alicyclic amines) is 1. The average Bonchev–Trinajstić information content (AvgIpc) is 2.86. The molecule has 2 rings (SSSR count). The zero-order valence-corrected chi connectivity index (χ0v) is 15.2. The van der Waals surface area contributed by atoms with Crippen molar-refractivity contribution in [2.45, 2.75) is 38.8 Å². The first-order chi connectivity index (χ1) is 10.2. The van der Waals surface area contributed by atoms with Crippen LogP contribution >= 0.6 is 22.6 Å². The molecular formula is C16H21IN2O3. The third kappa shape index (κ3) is 4.86. The van der Waals surface area contributed by atoms with E-state index in [0.29, 0.717) is 18.7 Å². The van der Waals surface area contributed by atoms with Gasteiger partial charge in [0, 0.05) is 28.3 Å². The second-order valence-electron chi connectivity index (χ2n) is 6.39. The van der Waals surface area contributed by atoms with Crippen molar-refractivity contribution in [3.8, 4) is 0 Å². The summed E-state index contributed by atoms with van der Waals surface area (Å²) in [7, 11) is 0. The fourth-order valence-corrected chi connectivity index (χ4v) is 2.60. The maximum Gasteiger partial charge on any atom is 0.410 e. The Balaban J connectivity index is 1.87. The van der Waals surface area contributed by atoms with Crippen LogP contribution in [-0.4, -0.2) is 41.6 Å². The van der Waals surface area contributed by atoms with Crippen molar-refractivity contribution in [1.82, 2.24) is 10.2 Å². The first-order valence-corrected chi connectivity index (χ1v) is 8.37. The number of benzene rings is 1. The Hall–Kier alpha value is -1.31. The maximum atomic E-state index is 12.2. The van der Waals surface area contributed by atoms with E-state index in [-0.39, 0.29) is 18.0 Å². The fourth-order valence-electron chi connectivity index (χ4n) is 2.24. The van der Waals surface area contributed by atoms with Crippen LogP contribution in [0.2, 0.25) is 0 Å². The van der Waals surface area contributed by atoms with E-state index in [4.69, 9.17) is 4.74 Å². The Morgan fingerprint density at radius 1 is 1.27 bits per heavy atom. The molecule has 5 nitrogen and oxygen atoms in total. The van der Waals surface area contributed by atoms with Gasteiger partial charge in [0.15, 0.2) is 0 Å². The van der Waals surface area contributed by atoms with Crippen molar-refractivity contribution >= 4 is 34.6 Å². The molecule has 1 atom stereocenters. The van der Waals surface area contributed by atoms with Gasteiger partial charge < -0.3 is 15.0 Å². The lowest BCUT2D eigenvalue weighted by Gasteiger charge is -2.24. The molecule has 1 aromatic rings. The Morgan fingerprint density at radius 3 is 2.50 bits per heavy atom. The van der Waals surface area contributed by atoms with Crippen LogP contribution in [0.3, 0.4) is 0 Å². The number of nitrogens with zero attached hydrogens (tertiary/aromatic N) is 1. The summed E-state index contributed by atoms with van der Waals surface area (Å²) in [5.74, 6) is -0.104. The van der Waals surface area contributed by atoms with Crippen molar-refractivity contribution in [1.29, 1.82) is 0 Å². The summed E-state index contributed by atoms with van der Waals surface area (Å²) in [5, 5.41) is 2.97. The van der Waals surface area contributed by atoms with Crippen molar-refractivity contribution < 1.29 is 14.3 Å². The first kappa shape index (κ1) is 17.1. The maximum absolute atomic E-state index is 12.2. The van der Waals surface area contributed by atoms with E-state index >= 15 is 0 Å². The van der Waals surface area contributed by atoms with Crippen LogP contribution in [0.4, 0.5) is 4.79 Å². The van der Waals surface area contributed by atoms with Crippen molar-refractivity contribution in [3.05, 3.63) is 33.4 Å². The van der Waals surface area contributed by atoms with E-state index in [1.165, 1.54) is 0 Å². The van der Waals surface area contributed by atoms with Crippen molar-refractivity contribution in [2.24, 2.45) is 0 Å². The van der Waals surface area contributed by atoms with E-state index in [2.05, 4.69) is 27.9 Å². The van der Waals surface area contributed by atoms with Gasteiger partial charge in [0.25, 0.3) is 5.91 Å². The number of halogens is 1. The lowest BCUT2D eigenvalue weighted by Crippen LogP contribution is -2.40. The SMILES string of the molecule is CC(C)(C)OC(=O)N1CC[C@H](NC(=O)c2ccc(I)cc2)C1. The zero-order chi connectivity index (χ0) is 16.3. The normalized spacial score (nSPS) is 18.2. The Labute approximate surface area is 144 Å². The molecule has 22 heavy (non-hydrogen) atoms. The van der Waals surface area contributed by atoms with Gasteiger partial charge in [-0.05, 0) is 74.0 Å². The highest BCUT2D eigenvalue weighted by Crippen LogP contribution is 2.16. The molecular weight excluding hydrogens is 395 g/mol. The summed E-state index contributed by atoms with van der Waals surface area (Å²) in [6, 6.07) is 7.38. The van der Waals surface area contributed by atoms with Crippen LogP contribution in [0.5, 0.6) is 0 Å². The number of ether oxygens (including phenoxy) is 1. The molecule has 1 N–H and O–H groups in total. The molecule has 0 aromatic heterocycles. The Kier molecular flexibility index (Phi) is 5.31. The molecule has 1 aliphatic heterocycles. The minimum atomic E-state index is -0.500. The fraction of sp³-hybridized carbons (Fsp3) is 0.500. The van der Waals surface area contributed by atoms with Gasteiger partial charge in [-0.15, -0.1) is 0 Å². The van der Waals surface area contributed by atoms with Crippen LogP contribution in [0.15, 0.2) is 24.3 Å². The zero-order valence-electron chi connectivity index (χ0n) is 13.1. The topological polar surface area (TPSA) is 58.6 Å². The minimum Gasteiger partial charge on any atom is -0.444 e. The van der Waals surface area contributed by atoms with Crippen LogP contribution in [0.1, 0.15) is 37.6 Å². The number of rotatable bonds is 2. The van der Waals surface area contributed by atoms with Crippen LogP contribution in [0, 0.1) is 3.57 Å². The van der Waals surface area contributed by atoms with Crippen molar-refractivity contribution in [2.75, 3.05) is 13.1 Å². The van der Waals surface area contributed by atoms with Crippen LogP contribution < -0.4 is 5.32 Å². The van der Waals surface area contributed by atoms with Gasteiger partial charge in [-0.25, -0.2) is 4.79 Å². The number of hydrogen-bond donors (Lipinski definition) is 1. The molecule has 0 bridgehead atoms. The minimum absolute atomic E-state index is 0.0284. The molecule has 1 saturated heterocycles. The molecule has 1 heterocycles. The molecule has 1 aromatic carbocycles. The predicted octanol–water partition coefficient (Wildman–Crippen LogP) is 3.03. The summed E-state index contributed by atoms with van der Waals surface area (Å²) in [5.41, 5.74) is 0.135. The first-order valence-electron chi connectivity index (χ1n) is 7.29. The van der Waals surface area contributed by atoms with E-state index in [9.17, 15) is 9.59 Å². The number of carbonyl (C=O) groups excluding carboxylic acids is 2. The van der Waals surface area contributed by atoms with Gasteiger partial charge in [-0.2, -0.15) is 0 Å². The molecule has 120 valence electrons. The lowest BCUT2D eigenvalue weighted by molar-refractivity contribution is 0.0290. The Morgan fingerprint density at radius 2 is 1.91 bits per heavy atom. The van der Waals surface area contributed by atoms with Gasteiger partial charge in [0.2, 0.25) is 0 Å². The van der Waals surface area contributed by atoms with Gasteiger partial charge >= 0.3 is 6.09 Å². The van der Waals surface area contributed by atoms with Gasteiger partial charge in [-0.1, -0.05) is 0 Å². The second-order valence-corrected chi connectivity index (χ2v) is 7.64. The quantitative estimate of drug-likeness (QED) is 0.755. The Bertz CT molecular complexity index is 552. The molecule has 6 heteroatoms. The molecule has 0 radical (unpaired) electrons. The van der Waals surface area contributed by atoms with Gasteiger partial charge in [0.1, 0.15) is 5.60 Å². The van der Waals surface area contributed by atoms with E-state index in [0.717, 1.165) is 9.99 Å². The smallest absolute Gasteiger partial charge is 0.410 e. The monoisotopic (exact) mass is 416 g/mol. The number of hydrogen-bond acceptors (Lipinski definition) is 3. The standard InChI is InChI=1S/C16H21IN2O3/c1-16(2,3)22-15(21)19-9-8-13(10-19)18-14(20)11-4-6-12(17)7-5-11/h4-7,13H,8-10H2,1-3H3,(H,18,20)/t13-/m0/s1. The molecule has 1 aliphatic rings. The molecule has 0 saturated carbocycles. The molecule has 0 aliphatic carbocycles. The number of carbonyl (C=O) groups is 2. The van der Waals surface area contributed by atoms with Gasteiger partial charge in [0.05, 0.1) is 0 Å². The van der Waals surface area contributed by atoms with Crippen LogP contribution in [-0.2, 0) is 4.74 Å². The third-order valence-electron chi connectivity index (χ3n) is 3.28. The molecule has 0 spiro atoms. The highest BCUT2D eigenvalue weighted by Gasteiger charge is 2.30. The highest BCUT2D eigenvalue weighted by atomic mass is 127. The number of amides is 2. The van der Waals surface area contributed by atoms with E-state index in [1.807, 2.05) is 32.9 Å². The van der Waals surface area contributed by atoms with E-state index < -0.39 is 5.60 Å². The van der Waals surface area contributed by atoms with Crippen LogP contribution in [0.25, 0.3) is 0 Å². The van der Waals surface area contributed by atoms with Crippen molar-refractivity contribution in [3.63, 3.8) is 0 Å². The summed E-state index contributed by atoms with van der Waals surface area (Å²) in [6.45, 7) is 6.63. The average molecular weight is 416 g/mol. The summed E-state index contributed by atoms with van der Waals surface area (Å²) in [6.07, 6.45) is 0.425. The summed E-state index contributed by atoms with van der Waals surface area (Å²) in [4.78, 5) is 25.8. The lowest BCUT2D eigenvalue weighted by atomic mass is 10.2. The van der Waals surface area contributed by atoms with Gasteiger partial charge in [-0.3, -0.25) is 4.79 Å². The summed E-state index contributed by atoms with van der Waals surface area (Å²) < 4.78 is 6.44. The number of nitrogens with one attached hydrogen (secondary N) is 1. The molecule has 1 fully saturated rings. The highest BCUT2D eigenvalue weighted by molar-refractivity contribution is 14.1. The second kappa shape index (κ2) is 6.85. The molecule has 0 unspecified atom stereocenters. The largest absolute Gasteiger partial charge is 0.444 e. The predicted molar refractivity (Wildman–Crippen MR) is 92.8 cm³/mol. The summed E-state index contributed by atoms with van der Waals surface area (Å²) >= 11 is 2.20. The van der Waals surface area contributed by atoms with E-state index in [1.54, 1.807) is 17.0 Å². The third-order valence-corrected chi connectivity index (χ3v) is 4.00.